The Bertz CT molecular complexity index is 330. The van der Waals surface area contributed by atoms with Gasteiger partial charge in [0.1, 0.15) is 5.82 Å². The first-order valence-electron chi connectivity index (χ1n) is 5.96. The Balaban J connectivity index is 2.01. The minimum atomic E-state index is -0.534. The van der Waals surface area contributed by atoms with Crippen LogP contribution < -0.4 is 0 Å². The van der Waals surface area contributed by atoms with Gasteiger partial charge in [0.15, 0.2) is 0 Å². The summed E-state index contributed by atoms with van der Waals surface area (Å²) >= 11 is 0. The molecule has 1 aromatic heterocycles. The molecule has 1 N–H and O–H groups in total. The van der Waals surface area contributed by atoms with Gasteiger partial charge in [-0.3, -0.25) is 4.98 Å². The SMILES string of the molecule is CC1CCC(C(O)c2ccc(F)cn2)CC1. The zero-order valence-corrected chi connectivity index (χ0v) is 9.56. The van der Waals surface area contributed by atoms with Crippen molar-refractivity contribution in [3.05, 3.63) is 29.8 Å². The third-order valence-electron chi connectivity index (χ3n) is 3.56. The van der Waals surface area contributed by atoms with E-state index in [0.29, 0.717) is 5.69 Å². The highest BCUT2D eigenvalue weighted by atomic mass is 19.1. The third-order valence-corrected chi connectivity index (χ3v) is 3.56. The Morgan fingerprint density at radius 1 is 1.31 bits per heavy atom. The molecule has 1 aliphatic carbocycles. The summed E-state index contributed by atoms with van der Waals surface area (Å²) in [6.07, 6.45) is 5.06. The summed E-state index contributed by atoms with van der Waals surface area (Å²) in [7, 11) is 0. The highest BCUT2D eigenvalue weighted by Gasteiger charge is 2.26. The maximum Gasteiger partial charge on any atom is 0.141 e. The first-order valence-corrected chi connectivity index (χ1v) is 5.96. The highest BCUT2D eigenvalue weighted by Crippen LogP contribution is 2.35. The molecule has 1 unspecified atom stereocenters. The minimum Gasteiger partial charge on any atom is -0.387 e. The van der Waals surface area contributed by atoms with E-state index in [-0.39, 0.29) is 11.7 Å². The molecule has 0 aromatic carbocycles. The number of aliphatic hydroxyl groups excluding tert-OH is 1. The Morgan fingerprint density at radius 2 is 2.00 bits per heavy atom. The lowest BCUT2D eigenvalue weighted by molar-refractivity contribution is 0.0720. The molecule has 1 aliphatic rings. The van der Waals surface area contributed by atoms with Gasteiger partial charge in [-0.05, 0) is 36.8 Å². The van der Waals surface area contributed by atoms with E-state index in [9.17, 15) is 9.50 Å². The lowest BCUT2D eigenvalue weighted by atomic mass is 9.79. The summed E-state index contributed by atoms with van der Waals surface area (Å²) < 4.78 is 12.7. The molecule has 16 heavy (non-hydrogen) atoms. The van der Waals surface area contributed by atoms with Gasteiger partial charge < -0.3 is 5.11 Å². The number of halogens is 1. The standard InChI is InChI=1S/C13H18FNO/c1-9-2-4-10(5-3-9)13(16)12-7-6-11(14)8-15-12/h6-10,13,16H,2-5H2,1H3. The van der Waals surface area contributed by atoms with Crippen LogP contribution in [-0.2, 0) is 0 Å². The molecule has 1 fully saturated rings. The number of aliphatic hydroxyl groups is 1. The van der Waals surface area contributed by atoms with E-state index in [0.717, 1.165) is 18.8 Å². The smallest absolute Gasteiger partial charge is 0.141 e. The van der Waals surface area contributed by atoms with Crippen LogP contribution in [0.5, 0.6) is 0 Å². The molecule has 1 heterocycles. The highest BCUT2D eigenvalue weighted by molar-refractivity contribution is 5.09. The van der Waals surface area contributed by atoms with Crippen molar-refractivity contribution in [2.24, 2.45) is 11.8 Å². The van der Waals surface area contributed by atoms with Gasteiger partial charge in [-0.2, -0.15) is 0 Å². The monoisotopic (exact) mass is 223 g/mol. The summed E-state index contributed by atoms with van der Waals surface area (Å²) in [5.41, 5.74) is 0.598. The van der Waals surface area contributed by atoms with Crippen molar-refractivity contribution in [2.75, 3.05) is 0 Å². The third kappa shape index (κ3) is 2.59. The van der Waals surface area contributed by atoms with Crippen molar-refractivity contribution in [3.63, 3.8) is 0 Å². The van der Waals surface area contributed by atoms with Crippen LogP contribution in [0.15, 0.2) is 18.3 Å². The molecule has 0 amide bonds. The zero-order valence-electron chi connectivity index (χ0n) is 9.56. The normalized spacial score (nSPS) is 27.7. The molecule has 3 heteroatoms. The van der Waals surface area contributed by atoms with E-state index in [1.165, 1.54) is 25.1 Å². The molecule has 1 aromatic rings. The van der Waals surface area contributed by atoms with Gasteiger partial charge in [0.05, 0.1) is 18.0 Å². The first-order chi connectivity index (χ1) is 7.66. The fourth-order valence-corrected chi connectivity index (χ4v) is 2.41. The maximum atomic E-state index is 12.7. The Labute approximate surface area is 95.5 Å². The van der Waals surface area contributed by atoms with Crippen LogP contribution in [0, 0.1) is 17.7 Å². The van der Waals surface area contributed by atoms with E-state index in [2.05, 4.69) is 11.9 Å². The van der Waals surface area contributed by atoms with Gasteiger partial charge in [0.2, 0.25) is 0 Å². The summed E-state index contributed by atoms with van der Waals surface area (Å²) in [5, 5.41) is 10.1. The second-order valence-corrected chi connectivity index (χ2v) is 4.87. The quantitative estimate of drug-likeness (QED) is 0.835. The molecule has 1 saturated carbocycles. The molecule has 0 spiro atoms. The van der Waals surface area contributed by atoms with E-state index in [1.807, 2.05) is 0 Å². The largest absolute Gasteiger partial charge is 0.387 e. The Hall–Kier alpha value is -0.960. The van der Waals surface area contributed by atoms with Gasteiger partial charge in [0.25, 0.3) is 0 Å². The van der Waals surface area contributed by atoms with Crippen LogP contribution in [0.25, 0.3) is 0 Å². The molecular weight excluding hydrogens is 205 g/mol. The molecule has 1 atom stereocenters. The maximum absolute atomic E-state index is 12.7. The van der Waals surface area contributed by atoms with Crippen LogP contribution in [0.2, 0.25) is 0 Å². The van der Waals surface area contributed by atoms with Crippen LogP contribution in [0.4, 0.5) is 4.39 Å². The predicted octanol–water partition coefficient (Wildman–Crippen LogP) is 3.08. The number of hydrogen-bond donors (Lipinski definition) is 1. The fourth-order valence-electron chi connectivity index (χ4n) is 2.41. The van der Waals surface area contributed by atoms with E-state index in [4.69, 9.17) is 0 Å². The molecule has 2 rings (SSSR count). The summed E-state index contributed by atoms with van der Waals surface area (Å²) in [4.78, 5) is 3.95. The van der Waals surface area contributed by atoms with E-state index in [1.54, 1.807) is 6.07 Å². The molecule has 88 valence electrons. The second kappa shape index (κ2) is 4.91. The number of aromatic nitrogens is 1. The molecule has 0 bridgehead atoms. The van der Waals surface area contributed by atoms with Crippen LogP contribution >= 0.6 is 0 Å². The minimum absolute atomic E-state index is 0.286. The molecule has 0 saturated heterocycles. The Morgan fingerprint density at radius 3 is 2.56 bits per heavy atom. The van der Waals surface area contributed by atoms with Crippen molar-refractivity contribution in [3.8, 4) is 0 Å². The zero-order chi connectivity index (χ0) is 11.5. The van der Waals surface area contributed by atoms with E-state index >= 15 is 0 Å². The molecular formula is C13H18FNO. The Kier molecular flexibility index (Phi) is 3.54. The average molecular weight is 223 g/mol. The van der Waals surface area contributed by atoms with Gasteiger partial charge in [0, 0.05) is 0 Å². The van der Waals surface area contributed by atoms with Crippen molar-refractivity contribution >= 4 is 0 Å². The lowest BCUT2D eigenvalue weighted by Crippen LogP contribution is -2.20. The fraction of sp³-hybridized carbons (Fsp3) is 0.615. The average Bonchev–Trinajstić information content (AvgIpc) is 2.30. The van der Waals surface area contributed by atoms with Crippen molar-refractivity contribution < 1.29 is 9.50 Å². The van der Waals surface area contributed by atoms with Crippen LogP contribution in [-0.4, -0.2) is 10.1 Å². The van der Waals surface area contributed by atoms with Gasteiger partial charge in [-0.1, -0.05) is 19.8 Å². The summed E-state index contributed by atoms with van der Waals surface area (Å²) in [6, 6.07) is 2.94. The van der Waals surface area contributed by atoms with Crippen LogP contribution in [0.3, 0.4) is 0 Å². The first kappa shape index (κ1) is 11.5. The van der Waals surface area contributed by atoms with Gasteiger partial charge in [-0.25, -0.2) is 4.39 Å². The van der Waals surface area contributed by atoms with E-state index < -0.39 is 6.10 Å². The number of hydrogen-bond acceptors (Lipinski definition) is 2. The summed E-state index contributed by atoms with van der Waals surface area (Å²) in [5.74, 6) is 0.701. The van der Waals surface area contributed by atoms with Gasteiger partial charge in [-0.15, -0.1) is 0 Å². The number of nitrogens with zero attached hydrogens (tertiary/aromatic N) is 1. The topological polar surface area (TPSA) is 33.1 Å². The van der Waals surface area contributed by atoms with Crippen LogP contribution in [0.1, 0.15) is 44.4 Å². The van der Waals surface area contributed by atoms with Crippen molar-refractivity contribution in [2.45, 2.75) is 38.7 Å². The molecule has 0 aliphatic heterocycles. The number of pyridine rings is 1. The second-order valence-electron chi connectivity index (χ2n) is 4.87. The number of rotatable bonds is 2. The van der Waals surface area contributed by atoms with Gasteiger partial charge >= 0.3 is 0 Å². The molecule has 2 nitrogen and oxygen atoms in total. The summed E-state index contributed by atoms with van der Waals surface area (Å²) in [6.45, 7) is 2.25. The molecule has 0 radical (unpaired) electrons. The van der Waals surface area contributed by atoms with Crippen molar-refractivity contribution in [1.29, 1.82) is 0 Å². The predicted molar refractivity (Wildman–Crippen MR) is 60.3 cm³/mol. The lowest BCUT2D eigenvalue weighted by Gasteiger charge is -2.29. The van der Waals surface area contributed by atoms with Crippen molar-refractivity contribution in [1.82, 2.24) is 4.98 Å².